The monoisotopic (exact) mass is 241 g/mol. The number of amides is 3. The summed E-state index contributed by atoms with van der Waals surface area (Å²) in [5.74, 6) is -0.482. The molecule has 17 heavy (non-hydrogen) atoms. The fourth-order valence-corrected chi connectivity index (χ4v) is 1.13. The Kier molecular flexibility index (Phi) is 4.58. The van der Waals surface area contributed by atoms with Crippen molar-refractivity contribution in [3.63, 3.8) is 0 Å². The number of hydrogen-bond donors (Lipinski definition) is 3. The molecule has 0 fully saturated rings. The minimum Gasteiger partial charge on any atom is -0.396 e. The van der Waals surface area contributed by atoms with E-state index in [9.17, 15) is 9.59 Å². The largest absolute Gasteiger partial charge is 0.396 e. The van der Waals surface area contributed by atoms with Crippen LogP contribution in [-0.4, -0.2) is 45.7 Å². The lowest BCUT2D eigenvalue weighted by Gasteiger charge is -2.10. The van der Waals surface area contributed by atoms with Crippen LogP contribution in [0.4, 0.5) is 4.79 Å². The zero-order chi connectivity index (χ0) is 12.8. The first-order valence-electron chi connectivity index (χ1n) is 5.12. The van der Waals surface area contributed by atoms with E-state index in [1.165, 1.54) is 11.7 Å². The molecule has 0 aliphatic heterocycles. The van der Waals surface area contributed by atoms with Crippen molar-refractivity contribution in [2.75, 3.05) is 13.7 Å². The highest BCUT2D eigenvalue weighted by Crippen LogP contribution is 2.04. The summed E-state index contributed by atoms with van der Waals surface area (Å²) in [5, 5.41) is 20.7. The van der Waals surface area contributed by atoms with Crippen LogP contribution in [0.15, 0.2) is 6.20 Å². The summed E-state index contributed by atoms with van der Waals surface area (Å²) in [6.07, 6.45) is 1.94. The van der Waals surface area contributed by atoms with E-state index in [0.29, 0.717) is 12.1 Å². The minimum absolute atomic E-state index is 0.0302. The lowest BCUT2D eigenvalue weighted by Crippen LogP contribution is -2.40. The van der Waals surface area contributed by atoms with E-state index in [0.717, 1.165) is 0 Å². The van der Waals surface area contributed by atoms with Crippen molar-refractivity contribution in [1.82, 2.24) is 25.6 Å². The zero-order valence-corrected chi connectivity index (χ0v) is 9.67. The summed E-state index contributed by atoms with van der Waals surface area (Å²) in [6.45, 7) is 1.56. The SMILES string of the molecule is CNC(=O)NC(=O)C(C)n1cc(CCO)nn1. The Labute approximate surface area is 98.0 Å². The van der Waals surface area contributed by atoms with Crippen LogP contribution in [0.25, 0.3) is 0 Å². The normalized spacial score (nSPS) is 11.9. The van der Waals surface area contributed by atoms with Gasteiger partial charge in [0.1, 0.15) is 6.04 Å². The van der Waals surface area contributed by atoms with E-state index >= 15 is 0 Å². The average molecular weight is 241 g/mol. The van der Waals surface area contributed by atoms with Crippen LogP contribution in [0, 0.1) is 0 Å². The molecule has 1 rings (SSSR count). The predicted octanol–water partition coefficient (Wildman–Crippen LogP) is -1.17. The number of aliphatic hydroxyl groups is 1. The maximum atomic E-state index is 11.6. The van der Waals surface area contributed by atoms with Gasteiger partial charge in [-0.25, -0.2) is 9.48 Å². The summed E-state index contributed by atoms with van der Waals surface area (Å²) in [5.41, 5.74) is 0.590. The highest BCUT2D eigenvalue weighted by atomic mass is 16.3. The third kappa shape index (κ3) is 3.52. The molecular formula is C9H15N5O3. The Morgan fingerprint density at radius 1 is 1.59 bits per heavy atom. The van der Waals surface area contributed by atoms with Crippen LogP contribution < -0.4 is 10.6 Å². The Morgan fingerprint density at radius 3 is 2.88 bits per heavy atom. The van der Waals surface area contributed by atoms with Crippen molar-refractivity contribution in [2.24, 2.45) is 0 Å². The molecule has 1 atom stereocenters. The summed E-state index contributed by atoms with van der Waals surface area (Å²) in [6, 6.07) is -1.22. The number of urea groups is 1. The predicted molar refractivity (Wildman–Crippen MR) is 58.1 cm³/mol. The van der Waals surface area contributed by atoms with Crippen LogP contribution in [0.3, 0.4) is 0 Å². The van der Waals surface area contributed by atoms with E-state index in [-0.39, 0.29) is 6.61 Å². The number of carbonyl (C=O) groups excluding carboxylic acids is 2. The van der Waals surface area contributed by atoms with Crippen molar-refractivity contribution in [1.29, 1.82) is 0 Å². The quantitative estimate of drug-likeness (QED) is 0.615. The Morgan fingerprint density at radius 2 is 2.29 bits per heavy atom. The molecule has 0 saturated heterocycles. The van der Waals surface area contributed by atoms with Crippen molar-refractivity contribution in [2.45, 2.75) is 19.4 Å². The van der Waals surface area contributed by atoms with E-state index in [2.05, 4.69) is 20.9 Å². The molecule has 3 amide bonds. The zero-order valence-electron chi connectivity index (χ0n) is 9.67. The minimum atomic E-state index is -0.646. The van der Waals surface area contributed by atoms with Gasteiger partial charge in [0, 0.05) is 26.3 Å². The Bertz CT molecular complexity index is 403. The molecular weight excluding hydrogens is 226 g/mol. The summed E-state index contributed by atoms with van der Waals surface area (Å²) in [4.78, 5) is 22.5. The molecule has 0 aliphatic carbocycles. The van der Waals surface area contributed by atoms with E-state index < -0.39 is 18.0 Å². The van der Waals surface area contributed by atoms with Gasteiger partial charge in [-0.05, 0) is 6.92 Å². The number of nitrogens with zero attached hydrogens (tertiary/aromatic N) is 3. The average Bonchev–Trinajstić information content (AvgIpc) is 2.76. The Hall–Kier alpha value is -1.96. The highest BCUT2D eigenvalue weighted by Gasteiger charge is 2.18. The molecule has 0 aromatic carbocycles. The third-order valence-electron chi connectivity index (χ3n) is 2.17. The molecule has 1 heterocycles. The van der Waals surface area contributed by atoms with Crippen LogP contribution in [0.2, 0.25) is 0 Å². The molecule has 1 aromatic rings. The number of imide groups is 1. The number of aromatic nitrogens is 3. The maximum absolute atomic E-state index is 11.6. The number of nitrogens with one attached hydrogen (secondary N) is 2. The van der Waals surface area contributed by atoms with Gasteiger partial charge in [-0.3, -0.25) is 10.1 Å². The molecule has 0 aliphatic rings. The second-order valence-electron chi connectivity index (χ2n) is 3.41. The maximum Gasteiger partial charge on any atom is 0.321 e. The second kappa shape index (κ2) is 5.94. The van der Waals surface area contributed by atoms with Gasteiger partial charge in [-0.2, -0.15) is 0 Å². The molecule has 3 N–H and O–H groups in total. The number of hydrogen-bond acceptors (Lipinski definition) is 5. The van der Waals surface area contributed by atoms with Gasteiger partial charge in [0.05, 0.1) is 5.69 Å². The first-order chi connectivity index (χ1) is 8.08. The van der Waals surface area contributed by atoms with Crippen LogP contribution in [0.5, 0.6) is 0 Å². The lowest BCUT2D eigenvalue weighted by atomic mass is 10.3. The highest BCUT2D eigenvalue weighted by molar-refractivity contribution is 5.95. The fraction of sp³-hybridized carbons (Fsp3) is 0.556. The molecule has 8 heteroatoms. The topological polar surface area (TPSA) is 109 Å². The molecule has 0 spiro atoms. The molecule has 0 bridgehead atoms. The molecule has 94 valence electrons. The van der Waals surface area contributed by atoms with Crippen molar-refractivity contribution in [3.05, 3.63) is 11.9 Å². The van der Waals surface area contributed by atoms with E-state index in [1.54, 1.807) is 13.1 Å². The third-order valence-corrected chi connectivity index (χ3v) is 2.17. The summed E-state index contributed by atoms with van der Waals surface area (Å²) < 4.78 is 1.34. The van der Waals surface area contributed by atoms with Crippen molar-refractivity contribution >= 4 is 11.9 Å². The molecule has 1 unspecified atom stereocenters. The van der Waals surface area contributed by atoms with Crippen LogP contribution >= 0.6 is 0 Å². The molecule has 0 radical (unpaired) electrons. The first kappa shape index (κ1) is 13.1. The number of aliphatic hydroxyl groups excluding tert-OH is 1. The summed E-state index contributed by atoms with van der Waals surface area (Å²) >= 11 is 0. The van der Waals surface area contributed by atoms with Crippen molar-refractivity contribution in [3.8, 4) is 0 Å². The summed E-state index contributed by atoms with van der Waals surface area (Å²) in [7, 11) is 1.42. The van der Waals surface area contributed by atoms with E-state index in [1.807, 2.05) is 0 Å². The van der Waals surface area contributed by atoms with E-state index in [4.69, 9.17) is 5.11 Å². The van der Waals surface area contributed by atoms with Gasteiger partial charge in [0.15, 0.2) is 0 Å². The van der Waals surface area contributed by atoms with Crippen LogP contribution in [-0.2, 0) is 11.2 Å². The smallest absolute Gasteiger partial charge is 0.321 e. The second-order valence-corrected chi connectivity index (χ2v) is 3.41. The molecule has 0 saturated carbocycles. The standard InChI is InChI=1S/C9H15N5O3/c1-6(8(16)11-9(17)10-2)14-5-7(3-4-15)12-13-14/h5-6,15H,3-4H2,1-2H3,(H2,10,11,16,17). The van der Waals surface area contributed by atoms with Gasteiger partial charge < -0.3 is 10.4 Å². The van der Waals surface area contributed by atoms with Gasteiger partial charge >= 0.3 is 6.03 Å². The van der Waals surface area contributed by atoms with Crippen LogP contribution in [0.1, 0.15) is 18.7 Å². The van der Waals surface area contributed by atoms with Gasteiger partial charge in [0.25, 0.3) is 5.91 Å². The fourth-order valence-electron chi connectivity index (χ4n) is 1.13. The number of carbonyl (C=O) groups is 2. The Balaban J connectivity index is 2.64. The van der Waals surface area contributed by atoms with Gasteiger partial charge in [0.2, 0.25) is 0 Å². The van der Waals surface area contributed by atoms with Gasteiger partial charge in [-0.1, -0.05) is 5.21 Å². The van der Waals surface area contributed by atoms with Gasteiger partial charge in [-0.15, -0.1) is 5.10 Å². The van der Waals surface area contributed by atoms with Crippen molar-refractivity contribution < 1.29 is 14.7 Å². The molecule has 8 nitrogen and oxygen atoms in total. The molecule has 1 aromatic heterocycles. The number of rotatable bonds is 4. The first-order valence-corrected chi connectivity index (χ1v) is 5.12. The lowest BCUT2D eigenvalue weighted by molar-refractivity contribution is -0.123.